The fourth-order valence-electron chi connectivity index (χ4n) is 4.79. The molecule has 0 spiro atoms. The predicted octanol–water partition coefficient (Wildman–Crippen LogP) is 3.74. The van der Waals surface area contributed by atoms with Gasteiger partial charge in [0.1, 0.15) is 6.10 Å². The van der Waals surface area contributed by atoms with Gasteiger partial charge in [0, 0.05) is 44.3 Å². The third-order valence-corrected chi connectivity index (χ3v) is 6.60. The number of carbonyl (C=O) groups is 2. The molecular formula is C26H32N2O4. The van der Waals surface area contributed by atoms with E-state index in [4.69, 9.17) is 9.47 Å². The Bertz CT molecular complexity index is 924. The van der Waals surface area contributed by atoms with Crippen LogP contribution in [0.1, 0.15) is 44.1 Å². The zero-order chi connectivity index (χ0) is 22.4. The lowest BCUT2D eigenvalue weighted by Crippen LogP contribution is -2.46. The molecule has 1 atom stereocenters. The van der Waals surface area contributed by atoms with E-state index in [9.17, 15) is 9.59 Å². The van der Waals surface area contributed by atoms with Crippen molar-refractivity contribution in [3.05, 3.63) is 60.2 Å². The van der Waals surface area contributed by atoms with Gasteiger partial charge in [-0.3, -0.25) is 9.59 Å². The minimum Gasteiger partial charge on any atom is -0.493 e. The van der Waals surface area contributed by atoms with Crippen LogP contribution >= 0.6 is 0 Å². The van der Waals surface area contributed by atoms with Crippen LogP contribution in [0, 0.1) is 0 Å². The van der Waals surface area contributed by atoms with E-state index in [-0.39, 0.29) is 23.5 Å². The minimum absolute atomic E-state index is 0.0777. The molecule has 170 valence electrons. The Morgan fingerprint density at radius 1 is 1.06 bits per heavy atom. The summed E-state index contributed by atoms with van der Waals surface area (Å²) in [5.74, 6) is 1.73. The van der Waals surface area contributed by atoms with Crippen molar-refractivity contribution in [1.29, 1.82) is 0 Å². The van der Waals surface area contributed by atoms with E-state index in [1.54, 1.807) is 7.11 Å². The van der Waals surface area contributed by atoms with Gasteiger partial charge >= 0.3 is 0 Å². The number of methoxy groups -OCH3 is 1. The van der Waals surface area contributed by atoms with Crippen LogP contribution in [0.4, 0.5) is 0 Å². The van der Waals surface area contributed by atoms with E-state index in [2.05, 4.69) is 17.4 Å². The maximum atomic E-state index is 12.9. The molecule has 2 heterocycles. The first-order valence-corrected chi connectivity index (χ1v) is 11.5. The normalized spacial score (nSPS) is 21.3. The minimum atomic E-state index is -0.320. The summed E-state index contributed by atoms with van der Waals surface area (Å²) in [6.07, 6.45) is 4.88. The molecule has 2 fully saturated rings. The number of nitrogens with one attached hydrogen (secondary N) is 1. The van der Waals surface area contributed by atoms with Gasteiger partial charge in [-0.25, -0.2) is 0 Å². The lowest BCUT2D eigenvalue weighted by atomic mass is 9.85. The monoisotopic (exact) mass is 436 g/mol. The Morgan fingerprint density at radius 3 is 2.41 bits per heavy atom. The summed E-state index contributed by atoms with van der Waals surface area (Å²) in [6.45, 7) is 1.38. The number of likely N-dealkylation sites (tertiary alicyclic amines) is 1. The molecule has 2 aromatic rings. The van der Waals surface area contributed by atoms with Crippen molar-refractivity contribution in [3.8, 4) is 11.5 Å². The van der Waals surface area contributed by atoms with Crippen LogP contribution in [0.3, 0.4) is 0 Å². The molecule has 2 amide bonds. The lowest BCUT2D eigenvalue weighted by molar-refractivity contribution is -0.133. The Morgan fingerprint density at radius 2 is 1.75 bits per heavy atom. The van der Waals surface area contributed by atoms with E-state index in [1.165, 1.54) is 5.56 Å². The van der Waals surface area contributed by atoms with Gasteiger partial charge in [0.15, 0.2) is 11.5 Å². The van der Waals surface area contributed by atoms with Crippen LogP contribution in [0.25, 0.3) is 0 Å². The van der Waals surface area contributed by atoms with E-state index in [0.29, 0.717) is 32.4 Å². The average molecular weight is 437 g/mol. The molecule has 0 aliphatic carbocycles. The Kier molecular flexibility index (Phi) is 6.98. The smallest absolute Gasteiger partial charge is 0.222 e. The van der Waals surface area contributed by atoms with Gasteiger partial charge in [-0.05, 0) is 37.0 Å². The van der Waals surface area contributed by atoms with Crippen molar-refractivity contribution in [2.45, 2.75) is 56.6 Å². The van der Waals surface area contributed by atoms with Gasteiger partial charge < -0.3 is 19.7 Å². The molecule has 4 rings (SSSR count). The van der Waals surface area contributed by atoms with Crippen molar-refractivity contribution in [3.63, 3.8) is 0 Å². The Hall–Kier alpha value is -3.02. The van der Waals surface area contributed by atoms with Crippen LogP contribution in [0.5, 0.6) is 11.5 Å². The number of piperidine rings is 1. The van der Waals surface area contributed by atoms with Gasteiger partial charge in [-0.1, -0.05) is 42.5 Å². The van der Waals surface area contributed by atoms with Crippen LogP contribution in [-0.2, 0) is 16.0 Å². The molecule has 1 N–H and O–H groups in total. The largest absolute Gasteiger partial charge is 0.493 e. The maximum absolute atomic E-state index is 12.9. The molecule has 0 aromatic heterocycles. The molecule has 0 radical (unpaired) electrons. The van der Waals surface area contributed by atoms with Crippen LogP contribution in [-0.4, -0.2) is 48.6 Å². The first-order valence-electron chi connectivity index (χ1n) is 11.5. The number of hydrogen-bond acceptors (Lipinski definition) is 4. The zero-order valence-corrected chi connectivity index (χ0v) is 18.7. The number of amides is 2. The second kappa shape index (κ2) is 10.1. The predicted molar refractivity (Wildman–Crippen MR) is 123 cm³/mol. The van der Waals surface area contributed by atoms with Gasteiger partial charge in [0.05, 0.1) is 7.11 Å². The maximum Gasteiger partial charge on any atom is 0.222 e. The summed E-state index contributed by atoms with van der Waals surface area (Å²) in [5, 5.41) is 3.18. The molecule has 0 bridgehead atoms. The second-order valence-corrected chi connectivity index (χ2v) is 8.84. The number of ether oxygens (including phenoxy) is 2. The van der Waals surface area contributed by atoms with E-state index >= 15 is 0 Å². The summed E-state index contributed by atoms with van der Waals surface area (Å²) in [4.78, 5) is 26.9. The number of carbonyl (C=O) groups excluding carboxylic acids is 2. The third-order valence-electron chi connectivity index (χ3n) is 6.60. The van der Waals surface area contributed by atoms with Gasteiger partial charge in [-0.15, -0.1) is 0 Å². The van der Waals surface area contributed by atoms with E-state index in [0.717, 1.165) is 37.2 Å². The first kappa shape index (κ1) is 22.2. The fourth-order valence-corrected chi connectivity index (χ4v) is 4.79. The summed E-state index contributed by atoms with van der Waals surface area (Å²) < 4.78 is 11.5. The summed E-state index contributed by atoms with van der Waals surface area (Å²) in [6, 6.07) is 17.9. The highest BCUT2D eigenvalue weighted by Gasteiger charge is 2.38. The van der Waals surface area contributed by atoms with Crippen molar-refractivity contribution in [1.82, 2.24) is 10.2 Å². The summed E-state index contributed by atoms with van der Waals surface area (Å²) in [7, 11) is 1.64. The number of benzene rings is 2. The van der Waals surface area contributed by atoms with E-state index < -0.39 is 0 Å². The van der Waals surface area contributed by atoms with Gasteiger partial charge in [-0.2, -0.15) is 0 Å². The summed E-state index contributed by atoms with van der Waals surface area (Å²) >= 11 is 0. The molecule has 1 unspecified atom stereocenters. The zero-order valence-electron chi connectivity index (χ0n) is 18.7. The van der Waals surface area contributed by atoms with E-state index in [1.807, 2.05) is 47.4 Å². The third kappa shape index (κ3) is 5.42. The second-order valence-electron chi connectivity index (χ2n) is 8.84. The van der Waals surface area contributed by atoms with Gasteiger partial charge in [0.2, 0.25) is 11.8 Å². The SMILES string of the molecule is COc1ccccc1OC1CCN(C(=O)CCC2(Cc3ccccc3)CCC(=O)N2)CC1. The topological polar surface area (TPSA) is 67.9 Å². The number of nitrogens with zero attached hydrogens (tertiary/aromatic N) is 1. The standard InChI is InChI=1S/C26H32N2O4/c1-31-22-9-5-6-10-23(22)32-21-13-17-28(18-14-21)25(30)12-16-26(15-11-24(29)27-26)19-20-7-3-2-4-8-20/h2-10,21H,11-19H2,1H3,(H,27,29). The quantitative estimate of drug-likeness (QED) is 0.685. The first-order chi connectivity index (χ1) is 15.6. The van der Waals surface area contributed by atoms with Crippen molar-refractivity contribution >= 4 is 11.8 Å². The highest BCUT2D eigenvalue weighted by molar-refractivity contribution is 5.80. The van der Waals surface area contributed by atoms with Crippen molar-refractivity contribution in [2.24, 2.45) is 0 Å². The van der Waals surface area contributed by atoms with Gasteiger partial charge in [0.25, 0.3) is 0 Å². The molecule has 2 aromatic carbocycles. The Labute approximate surface area is 189 Å². The molecular weight excluding hydrogens is 404 g/mol. The van der Waals surface area contributed by atoms with Crippen molar-refractivity contribution < 1.29 is 19.1 Å². The van der Waals surface area contributed by atoms with Crippen LogP contribution in [0.2, 0.25) is 0 Å². The van der Waals surface area contributed by atoms with Crippen LogP contribution < -0.4 is 14.8 Å². The molecule has 6 nitrogen and oxygen atoms in total. The highest BCUT2D eigenvalue weighted by atomic mass is 16.5. The summed E-state index contributed by atoms with van der Waals surface area (Å²) in [5.41, 5.74) is 0.871. The number of para-hydroxylation sites is 2. The van der Waals surface area contributed by atoms with Crippen molar-refractivity contribution in [2.75, 3.05) is 20.2 Å². The molecule has 6 heteroatoms. The number of rotatable bonds is 8. The van der Waals surface area contributed by atoms with Crippen LogP contribution in [0.15, 0.2) is 54.6 Å². The molecule has 32 heavy (non-hydrogen) atoms. The number of hydrogen-bond donors (Lipinski definition) is 1. The average Bonchev–Trinajstić information content (AvgIpc) is 3.19. The molecule has 2 saturated heterocycles. The molecule has 2 aliphatic heterocycles. The Balaban J connectivity index is 1.29. The fraction of sp³-hybridized carbons (Fsp3) is 0.462. The molecule has 2 aliphatic rings. The lowest BCUT2D eigenvalue weighted by Gasteiger charge is -2.34. The molecule has 0 saturated carbocycles. The highest BCUT2D eigenvalue weighted by Crippen LogP contribution is 2.31.